The van der Waals surface area contributed by atoms with Crippen molar-refractivity contribution in [1.82, 2.24) is 0 Å². The first kappa shape index (κ1) is 10.7. The second kappa shape index (κ2) is 4.22. The van der Waals surface area contributed by atoms with Gasteiger partial charge >= 0.3 is 0 Å². The van der Waals surface area contributed by atoms with Gasteiger partial charge in [-0.1, -0.05) is 13.0 Å². The van der Waals surface area contributed by atoms with Gasteiger partial charge in [0.2, 0.25) is 0 Å². The van der Waals surface area contributed by atoms with Crippen LogP contribution < -0.4 is 0 Å². The van der Waals surface area contributed by atoms with Crippen molar-refractivity contribution in [2.75, 3.05) is 0 Å². The smallest absolute Gasteiger partial charge is 0.258 e. The summed E-state index contributed by atoms with van der Waals surface area (Å²) in [5, 5.41) is 10.8. The van der Waals surface area contributed by atoms with Crippen LogP contribution in [-0.4, -0.2) is 4.92 Å². The predicted octanol–water partition coefficient (Wildman–Crippen LogP) is 2.98. The summed E-state index contributed by atoms with van der Waals surface area (Å²) in [7, 11) is 0. The highest BCUT2D eigenvalue weighted by Crippen LogP contribution is 2.25. The third-order valence-electron chi connectivity index (χ3n) is 2.22. The van der Waals surface area contributed by atoms with E-state index in [4.69, 9.17) is 0 Å². The predicted molar refractivity (Wildman–Crippen MR) is 56.2 cm³/mol. The van der Waals surface area contributed by atoms with Crippen LogP contribution in [0.25, 0.3) is 0 Å². The minimum atomic E-state index is -0.314. The van der Waals surface area contributed by atoms with E-state index < -0.39 is 0 Å². The molecule has 0 fully saturated rings. The molecule has 0 aliphatic carbocycles. The maximum absolute atomic E-state index is 10.8. The molecule has 0 aliphatic heterocycles. The van der Waals surface area contributed by atoms with Crippen molar-refractivity contribution in [1.29, 1.82) is 0 Å². The molecular weight excluding hydrogens is 178 g/mol. The Hall–Kier alpha value is -1.38. The summed E-state index contributed by atoms with van der Waals surface area (Å²) in [5.74, 6) is 0. The van der Waals surface area contributed by atoms with Crippen LogP contribution in [0.4, 0.5) is 5.69 Å². The Morgan fingerprint density at radius 3 is 2.57 bits per heavy atom. The third kappa shape index (κ3) is 2.10. The van der Waals surface area contributed by atoms with E-state index in [1.54, 1.807) is 6.07 Å². The van der Waals surface area contributed by atoms with Gasteiger partial charge in [0.25, 0.3) is 5.69 Å². The van der Waals surface area contributed by atoms with Crippen LogP contribution in [0, 0.1) is 30.9 Å². The average molecular weight is 192 g/mol. The molecular formula is C11H14NO2. The lowest BCUT2D eigenvalue weighted by Gasteiger charge is -2.06. The molecule has 1 rings (SSSR count). The summed E-state index contributed by atoms with van der Waals surface area (Å²) in [4.78, 5) is 10.5. The molecule has 0 saturated carbocycles. The van der Waals surface area contributed by atoms with E-state index in [2.05, 4.69) is 6.92 Å². The number of nitro benzene ring substituents is 1. The van der Waals surface area contributed by atoms with Crippen molar-refractivity contribution in [2.45, 2.75) is 26.7 Å². The Morgan fingerprint density at radius 1 is 1.43 bits per heavy atom. The molecule has 0 aromatic heterocycles. The van der Waals surface area contributed by atoms with Crippen LogP contribution >= 0.6 is 0 Å². The van der Waals surface area contributed by atoms with Crippen LogP contribution in [-0.2, 0) is 6.42 Å². The standard InChI is InChI=1S/C11H14NO2/c1-4-5-10-9(3)6-8(2)7-11(10)12(13)14/h6-7H,1,4-5H2,2-3H3. The van der Waals surface area contributed by atoms with Gasteiger partial charge in [0.15, 0.2) is 0 Å². The van der Waals surface area contributed by atoms with Crippen LogP contribution in [0.3, 0.4) is 0 Å². The molecule has 0 N–H and O–H groups in total. The average Bonchev–Trinajstić information content (AvgIpc) is 2.09. The Bertz CT molecular complexity index is 359. The molecule has 3 heteroatoms. The molecule has 1 radical (unpaired) electrons. The fraction of sp³-hybridized carbons (Fsp3) is 0.364. The SMILES string of the molecule is [CH2]CCc1c(C)cc(C)cc1[N+](=O)[O-]. The molecule has 14 heavy (non-hydrogen) atoms. The van der Waals surface area contributed by atoms with Gasteiger partial charge in [0.1, 0.15) is 0 Å². The fourth-order valence-corrected chi connectivity index (χ4v) is 1.64. The summed E-state index contributed by atoms with van der Waals surface area (Å²) in [6, 6.07) is 3.59. The number of hydrogen-bond donors (Lipinski definition) is 0. The molecule has 1 aromatic rings. The van der Waals surface area contributed by atoms with E-state index >= 15 is 0 Å². The lowest BCUT2D eigenvalue weighted by molar-refractivity contribution is -0.385. The van der Waals surface area contributed by atoms with Gasteiger partial charge in [-0.15, -0.1) is 0 Å². The highest BCUT2D eigenvalue weighted by Gasteiger charge is 2.15. The lowest BCUT2D eigenvalue weighted by Crippen LogP contribution is -1.99. The highest BCUT2D eigenvalue weighted by molar-refractivity contribution is 5.48. The fourth-order valence-electron chi connectivity index (χ4n) is 1.64. The van der Waals surface area contributed by atoms with Crippen molar-refractivity contribution in [3.63, 3.8) is 0 Å². The molecule has 0 unspecified atom stereocenters. The normalized spacial score (nSPS) is 10.2. The van der Waals surface area contributed by atoms with E-state index in [9.17, 15) is 10.1 Å². The van der Waals surface area contributed by atoms with Crippen LogP contribution in [0.1, 0.15) is 23.1 Å². The second-order valence-corrected chi connectivity index (χ2v) is 3.44. The Labute approximate surface area is 83.9 Å². The quantitative estimate of drug-likeness (QED) is 0.545. The molecule has 3 nitrogen and oxygen atoms in total. The maximum Gasteiger partial charge on any atom is 0.273 e. The summed E-state index contributed by atoms with van der Waals surface area (Å²) < 4.78 is 0. The molecule has 0 aliphatic rings. The van der Waals surface area contributed by atoms with E-state index in [1.807, 2.05) is 19.9 Å². The van der Waals surface area contributed by atoms with Crippen molar-refractivity contribution < 1.29 is 4.92 Å². The van der Waals surface area contributed by atoms with Crippen LogP contribution in [0.15, 0.2) is 12.1 Å². The summed E-state index contributed by atoms with van der Waals surface area (Å²) in [6.07, 6.45) is 1.35. The van der Waals surface area contributed by atoms with Crippen molar-refractivity contribution in [3.05, 3.63) is 45.9 Å². The van der Waals surface area contributed by atoms with Crippen LogP contribution in [0.5, 0.6) is 0 Å². The second-order valence-electron chi connectivity index (χ2n) is 3.44. The van der Waals surface area contributed by atoms with Gasteiger partial charge in [0, 0.05) is 11.6 Å². The number of nitro groups is 1. The topological polar surface area (TPSA) is 43.1 Å². The summed E-state index contributed by atoms with van der Waals surface area (Å²) in [6.45, 7) is 7.50. The number of aryl methyl sites for hydroxylation is 2. The monoisotopic (exact) mass is 192 g/mol. The Balaban J connectivity index is 3.28. The molecule has 75 valence electrons. The minimum Gasteiger partial charge on any atom is -0.258 e. The number of rotatable bonds is 3. The minimum absolute atomic E-state index is 0.228. The van der Waals surface area contributed by atoms with Gasteiger partial charge in [-0.25, -0.2) is 0 Å². The first-order chi connectivity index (χ1) is 6.56. The molecule has 0 spiro atoms. The number of nitrogens with zero attached hydrogens (tertiary/aromatic N) is 1. The first-order valence-corrected chi connectivity index (χ1v) is 4.60. The van der Waals surface area contributed by atoms with E-state index in [1.165, 1.54) is 0 Å². The largest absolute Gasteiger partial charge is 0.273 e. The maximum atomic E-state index is 10.8. The number of benzene rings is 1. The number of hydrogen-bond acceptors (Lipinski definition) is 2. The molecule has 0 amide bonds. The summed E-state index contributed by atoms with van der Waals surface area (Å²) in [5.41, 5.74) is 2.96. The third-order valence-corrected chi connectivity index (χ3v) is 2.22. The summed E-state index contributed by atoms with van der Waals surface area (Å²) >= 11 is 0. The van der Waals surface area contributed by atoms with Gasteiger partial charge in [-0.05, 0) is 37.8 Å². The lowest BCUT2D eigenvalue weighted by atomic mass is 10.00. The highest BCUT2D eigenvalue weighted by atomic mass is 16.6. The molecule has 1 aromatic carbocycles. The molecule has 0 saturated heterocycles. The zero-order chi connectivity index (χ0) is 10.7. The van der Waals surface area contributed by atoms with Crippen molar-refractivity contribution >= 4 is 5.69 Å². The van der Waals surface area contributed by atoms with Crippen molar-refractivity contribution in [2.24, 2.45) is 0 Å². The van der Waals surface area contributed by atoms with Gasteiger partial charge in [0.05, 0.1) is 4.92 Å². The van der Waals surface area contributed by atoms with Crippen molar-refractivity contribution in [3.8, 4) is 0 Å². The molecule has 0 atom stereocenters. The van der Waals surface area contributed by atoms with E-state index in [-0.39, 0.29) is 10.6 Å². The first-order valence-electron chi connectivity index (χ1n) is 4.60. The van der Waals surface area contributed by atoms with E-state index in [0.29, 0.717) is 12.8 Å². The van der Waals surface area contributed by atoms with Gasteiger partial charge < -0.3 is 0 Å². The van der Waals surface area contributed by atoms with Gasteiger partial charge in [-0.2, -0.15) is 0 Å². The molecule has 0 heterocycles. The Morgan fingerprint density at radius 2 is 2.07 bits per heavy atom. The zero-order valence-electron chi connectivity index (χ0n) is 8.54. The zero-order valence-corrected chi connectivity index (χ0v) is 8.54. The van der Waals surface area contributed by atoms with E-state index in [0.717, 1.165) is 16.7 Å². The Kier molecular flexibility index (Phi) is 3.23. The van der Waals surface area contributed by atoms with Gasteiger partial charge in [-0.3, -0.25) is 10.1 Å². The van der Waals surface area contributed by atoms with Crippen LogP contribution in [0.2, 0.25) is 0 Å². The molecule has 0 bridgehead atoms.